The van der Waals surface area contributed by atoms with Gasteiger partial charge in [-0.2, -0.15) is 0 Å². The molecule has 3 heteroatoms. The molecular weight excluding hydrogens is 362 g/mol. The molecule has 2 aromatic carbocycles. The highest BCUT2D eigenvalue weighted by Gasteiger charge is 2.47. The van der Waals surface area contributed by atoms with Crippen molar-refractivity contribution in [3.05, 3.63) is 71.8 Å². The number of halogens is 1. The van der Waals surface area contributed by atoms with Crippen molar-refractivity contribution in [2.45, 2.75) is 25.2 Å². The summed E-state index contributed by atoms with van der Waals surface area (Å²) in [4.78, 5) is 13.3. The third-order valence-electron chi connectivity index (χ3n) is 4.67. The quantitative estimate of drug-likeness (QED) is 0.562. The van der Waals surface area contributed by atoms with Gasteiger partial charge in [0.05, 0.1) is 0 Å². The summed E-state index contributed by atoms with van der Waals surface area (Å²) in [6.45, 7) is 2.78. The molecule has 24 heavy (non-hydrogen) atoms. The summed E-state index contributed by atoms with van der Waals surface area (Å²) in [7, 11) is 0. The van der Waals surface area contributed by atoms with Gasteiger partial charge in [0.1, 0.15) is 5.41 Å². The van der Waals surface area contributed by atoms with Crippen LogP contribution < -0.4 is 5.32 Å². The van der Waals surface area contributed by atoms with Crippen LogP contribution >= 0.6 is 15.9 Å². The number of rotatable bonds is 6. The number of amides is 1. The molecule has 2 aromatic rings. The molecule has 3 rings (SSSR count). The Balaban J connectivity index is 2.19. The fourth-order valence-corrected chi connectivity index (χ4v) is 3.86. The van der Waals surface area contributed by atoms with Gasteiger partial charge in [-0.1, -0.05) is 83.5 Å². The van der Waals surface area contributed by atoms with Crippen molar-refractivity contribution in [3.63, 3.8) is 0 Å². The Morgan fingerprint density at radius 1 is 1.04 bits per heavy atom. The van der Waals surface area contributed by atoms with E-state index in [0.717, 1.165) is 22.9 Å². The minimum atomic E-state index is -0.638. The first-order valence-corrected chi connectivity index (χ1v) is 9.56. The van der Waals surface area contributed by atoms with E-state index in [1.165, 1.54) is 11.1 Å². The van der Waals surface area contributed by atoms with Gasteiger partial charge in [0.2, 0.25) is 5.91 Å². The molecule has 0 unspecified atom stereocenters. The number of hydrogen-bond acceptors (Lipinski definition) is 1. The summed E-state index contributed by atoms with van der Waals surface area (Å²) >= 11 is 3.43. The molecule has 0 radical (unpaired) electrons. The molecule has 0 spiro atoms. The zero-order chi connectivity index (χ0) is 17.0. The van der Waals surface area contributed by atoms with E-state index in [1.807, 2.05) is 24.3 Å². The first-order chi connectivity index (χ1) is 11.8. The Kier molecular flexibility index (Phi) is 5.20. The van der Waals surface area contributed by atoms with E-state index in [0.29, 0.717) is 13.0 Å². The monoisotopic (exact) mass is 383 g/mol. The van der Waals surface area contributed by atoms with E-state index >= 15 is 0 Å². The second-order valence-electron chi connectivity index (χ2n) is 6.08. The van der Waals surface area contributed by atoms with Crippen LogP contribution in [0.1, 0.15) is 30.9 Å². The summed E-state index contributed by atoms with van der Waals surface area (Å²) in [5.74, 6) is 0.0981. The lowest BCUT2D eigenvalue weighted by atomic mass is 9.74. The molecule has 0 saturated carbocycles. The maximum atomic E-state index is 13.3. The standard InChI is InChI=1S/C21H22BrNO/c1-2-15-23-20(24)21(13-7-8-14-22)18-11-5-3-9-16(18)17-10-4-6-12-19(17)21/h3-12H,2,13-15H2,1H3,(H,23,24)/b8-7+. The van der Waals surface area contributed by atoms with Crippen molar-refractivity contribution in [1.82, 2.24) is 5.32 Å². The molecule has 1 aliphatic rings. The zero-order valence-corrected chi connectivity index (χ0v) is 15.5. The molecule has 0 saturated heterocycles. The van der Waals surface area contributed by atoms with Crippen LogP contribution in [-0.4, -0.2) is 17.8 Å². The maximum Gasteiger partial charge on any atom is 0.235 e. The van der Waals surface area contributed by atoms with Crippen LogP contribution in [0.25, 0.3) is 11.1 Å². The molecule has 0 aromatic heterocycles. The van der Waals surface area contributed by atoms with Crippen LogP contribution in [0, 0.1) is 0 Å². The number of benzene rings is 2. The van der Waals surface area contributed by atoms with E-state index in [4.69, 9.17) is 0 Å². The molecule has 0 aliphatic heterocycles. The van der Waals surface area contributed by atoms with E-state index in [-0.39, 0.29) is 5.91 Å². The van der Waals surface area contributed by atoms with Crippen LogP contribution in [0.5, 0.6) is 0 Å². The lowest BCUT2D eigenvalue weighted by Crippen LogP contribution is -2.44. The first kappa shape index (κ1) is 17.0. The van der Waals surface area contributed by atoms with Crippen LogP contribution in [0.4, 0.5) is 0 Å². The Hall–Kier alpha value is -1.87. The lowest BCUT2D eigenvalue weighted by Gasteiger charge is -2.29. The molecule has 1 amide bonds. The van der Waals surface area contributed by atoms with Crippen molar-refractivity contribution >= 4 is 21.8 Å². The summed E-state index contributed by atoms with van der Waals surface area (Å²) < 4.78 is 0. The van der Waals surface area contributed by atoms with Gasteiger partial charge in [0.25, 0.3) is 0 Å². The van der Waals surface area contributed by atoms with Gasteiger partial charge in [-0.3, -0.25) is 4.79 Å². The Morgan fingerprint density at radius 3 is 2.17 bits per heavy atom. The molecule has 0 heterocycles. The Morgan fingerprint density at radius 2 is 1.62 bits per heavy atom. The lowest BCUT2D eigenvalue weighted by molar-refractivity contribution is -0.125. The van der Waals surface area contributed by atoms with Crippen molar-refractivity contribution in [3.8, 4) is 11.1 Å². The topological polar surface area (TPSA) is 29.1 Å². The van der Waals surface area contributed by atoms with Gasteiger partial charge >= 0.3 is 0 Å². The van der Waals surface area contributed by atoms with Crippen molar-refractivity contribution < 1.29 is 4.79 Å². The average Bonchev–Trinajstić information content (AvgIpc) is 2.92. The minimum Gasteiger partial charge on any atom is -0.355 e. The van der Waals surface area contributed by atoms with Crippen LogP contribution in [-0.2, 0) is 10.2 Å². The second-order valence-corrected chi connectivity index (χ2v) is 6.73. The molecule has 0 fully saturated rings. The molecule has 1 N–H and O–H groups in total. The molecule has 0 bridgehead atoms. The van der Waals surface area contributed by atoms with Gasteiger partial charge < -0.3 is 5.32 Å². The molecular formula is C21H22BrNO. The predicted octanol–water partition coefficient (Wildman–Crippen LogP) is 4.82. The van der Waals surface area contributed by atoms with Gasteiger partial charge in [0.15, 0.2) is 0 Å². The fourth-order valence-electron chi connectivity index (χ4n) is 3.60. The summed E-state index contributed by atoms with van der Waals surface area (Å²) in [5, 5.41) is 3.93. The number of carbonyl (C=O) groups is 1. The largest absolute Gasteiger partial charge is 0.355 e. The van der Waals surface area contributed by atoms with E-state index in [9.17, 15) is 4.79 Å². The molecule has 2 nitrogen and oxygen atoms in total. The molecule has 124 valence electrons. The normalized spacial score (nSPS) is 14.4. The third-order valence-corrected chi connectivity index (χ3v) is 5.04. The second kappa shape index (κ2) is 7.35. The fraction of sp³-hybridized carbons (Fsp3) is 0.286. The Labute approximate surface area is 152 Å². The van der Waals surface area contributed by atoms with Crippen LogP contribution in [0.2, 0.25) is 0 Å². The number of alkyl halides is 1. The van der Waals surface area contributed by atoms with Crippen molar-refractivity contribution in [2.24, 2.45) is 0 Å². The van der Waals surface area contributed by atoms with E-state index in [2.05, 4.69) is 64.6 Å². The highest BCUT2D eigenvalue weighted by atomic mass is 79.9. The molecule has 0 atom stereocenters. The smallest absolute Gasteiger partial charge is 0.235 e. The van der Waals surface area contributed by atoms with Crippen LogP contribution in [0.15, 0.2) is 60.7 Å². The Bertz CT molecular complexity index is 720. The summed E-state index contributed by atoms with van der Waals surface area (Å²) in [6.07, 6.45) is 5.78. The summed E-state index contributed by atoms with van der Waals surface area (Å²) in [5.41, 5.74) is 3.93. The molecule has 1 aliphatic carbocycles. The van der Waals surface area contributed by atoms with E-state index < -0.39 is 5.41 Å². The van der Waals surface area contributed by atoms with Crippen molar-refractivity contribution in [2.75, 3.05) is 11.9 Å². The van der Waals surface area contributed by atoms with Gasteiger partial charge in [-0.05, 0) is 35.1 Å². The van der Waals surface area contributed by atoms with E-state index in [1.54, 1.807) is 0 Å². The van der Waals surface area contributed by atoms with Crippen molar-refractivity contribution in [1.29, 1.82) is 0 Å². The average molecular weight is 384 g/mol. The van der Waals surface area contributed by atoms with Gasteiger partial charge in [-0.15, -0.1) is 0 Å². The summed E-state index contributed by atoms with van der Waals surface area (Å²) in [6, 6.07) is 16.6. The number of allylic oxidation sites excluding steroid dienone is 2. The third kappa shape index (κ3) is 2.71. The minimum absolute atomic E-state index is 0.0981. The van der Waals surface area contributed by atoms with Gasteiger partial charge in [0, 0.05) is 11.9 Å². The number of carbonyl (C=O) groups excluding carboxylic acids is 1. The number of hydrogen-bond donors (Lipinski definition) is 1. The van der Waals surface area contributed by atoms with Gasteiger partial charge in [-0.25, -0.2) is 0 Å². The number of fused-ring (bicyclic) bond motifs is 3. The first-order valence-electron chi connectivity index (χ1n) is 8.44. The highest BCUT2D eigenvalue weighted by molar-refractivity contribution is 9.09. The zero-order valence-electron chi connectivity index (χ0n) is 13.9. The van der Waals surface area contributed by atoms with Crippen LogP contribution in [0.3, 0.4) is 0 Å². The SMILES string of the molecule is CCCNC(=O)C1(C/C=C/CBr)c2ccccc2-c2ccccc21. The highest BCUT2D eigenvalue weighted by Crippen LogP contribution is 2.51. The number of nitrogens with one attached hydrogen (secondary N) is 1. The predicted molar refractivity (Wildman–Crippen MR) is 104 cm³/mol. The maximum absolute atomic E-state index is 13.3.